The molecule has 1 atom stereocenters. The van der Waals surface area contributed by atoms with Gasteiger partial charge in [0.2, 0.25) is 5.91 Å². The van der Waals surface area contributed by atoms with Crippen molar-refractivity contribution in [2.75, 3.05) is 12.4 Å². The lowest BCUT2D eigenvalue weighted by Gasteiger charge is -2.14. The molecular weight excluding hydrogens is 254 g/mol. The summed E-state index contributed by atoms with van der Waals surface area (Å²) in [6.07, 6.45) is 0. The van der Waals surface area contributed by atoms with E-state index in [1.807, 2.05) is 0 Å². The highest BCUT2D eigenvalue weighted by molar-refractivity contribution is 6.35. The summed E-state index contributed by atoms with van der Waals surface area (Å²) in [5, 5.41) is 5.17. The number of carbonyl (C=O) groups excluding carboxylic acids is 1. The third-order valence-electron chi connectivity index (χ3n) is 2.01. The summed E-state index contributed by atoms with van der Waals surface area (Å²) in [6.45, 7) is 1.67. The van der Waals surface area contributed by atoms with Crippen molar-refractivity contribution >= 4 is 34.8 Å². The van der Waals surface area contributed by atoms with Gasteiger partial charge in [0.05, 0.1) is 10.0 Å². The van der Waals surface area contributed by atoms with Gasteiger partial charge in [-0.15, -0.1) is 0 Å². The van der Waals surface area contributed by atoms with Crippen LogP contribution in [0.15, 0.2) is 12.1 Å². The molecule has 16 heavy (non-hydrogen) atoms. The summed E-state index contributed by atoms with van der Waals surface area (Å²) < 4.78 is 13.1. The third kappa shape index (κ3) is 3.00. The Balaban J connectivity index is 2.86. The Morgan fingerprint density at radius 2 is 1.88 bits per heavy atom. The fraction of sp³-hybridized carbons (Fsp3) is 0.300. The molecule has 0 fully saturated rings. The molecule has 1 amide bonds. The van der Waals surface area contributed by atoms with Crippen LogP contribution in [-0.2, 0) is 4.79 Å². The minimum Gasteiger partial charge on any atom is -0.374 e. The van der Waals surface area contributed by atoms with Gasteiger partial charge in [0, 0.05) is 12.7 Å². The number of hydrogen-bond donors (Lipinski definition) is 2. The molecule has 1 aromatic rings. The van der Waals surface area contributed by atoms with E-state index < -0.39 is 11.9 Å². The van der Waals surface area contributed by atoms with Crippen LogP contribution in [0, 0.1) is 5.82 Å². The zero-order valence-electron chi connectivity index (χ0n) is 8.77. The van der Waals surface area contributed by atoms with Gasteiger partial charge in [-0.2, -0.15) is 0 Å². The monoisotopic (exact) mass is 264 g/mol. The number of benzene rings is 1. The van der Waals surface area contributed by atoms with Crippen molar-refractivity contribution in [2.45, 2.75) is 13.0 Å². The number of carbonyl (C=O) groups is 1. The van der Waals surface area contributed by atoms with Gasteiger partial charge in [-0.25, -0.2) is 4.39 Å². The molecule has 1 rings (SSSR count). The number of likely N-dealkylation sites (N-methyl/N-ethyl adjacent to an activating group) is 1. The molecule has 2 N–H and O–H groups in total. The van der Waals surface area contributed by atoms with E-state index in [-0.39, 0.29) is 16.0 Å². The van der Waals surface area contributed by atoms with Crippen LogP contribution in [-0.4, -0.2) is 19.0 Å². The highest BCUT2D eigenvalue weighted by Crippen LogP contribution is 2.27. The Morgan fingerprint density at radius 1 is 1.38 bits per heavy atom. The number of rotatable bonds is 3. The first kappa shape index (κ1) is 13.1. The molecule has 0 spiro atoms. The van der Waals surface area contributed by atoms with Crippen LogP contribution in [0.4, 0.5) is 10.1 Å². The Hall–Kier alpha value is -1.00. The van der Waals surface area contributed by atoms with Gasteiger partial charge in [-0.05, 0) is 19.1 Å². The van der Waals surface area contributed by atoms with Crippen molar-refractivity contribution in [1.29, 1.82) is 0 Å². The summed E-state index contributed by atoms with van der Waals surface area (Å²) >= 11 is 11.2. The molecule has 0 aliphatic heterocycles. The van der Waals surface area contributed by atoms with Crippen LogP contribution in [0.1, 0.15) is 6.92 Å². The molecule has 0 saturated carbocycles. The summed E-state index contributed by atoms with van der Waals surface area (Å²) in [5.41, 5.74) is 0.493. The number of hydrogen-bond acceptors (Lipinski definition) is 2. The average Bonchev–Trinajstić information content (AvgIpc) is 2.24. The molecule has 0 bridgehead atoms. The molecule has 0 saturated heterocycles. The lowest BCUT2D eigenvalue weighted by molar-refractivity contribution is -0.121. The van der Waals surface area contributed by atoms with E-state index in [0.717, 1.165) is 0 Å². The second-order valence-electron chi connectivity index (χ2n) is 3.23. The van der Waals surface area contributed by atoms with E-state index >= 15 is 0 Å². The molecule has 1 unspecified atom stereocenters. The van der Waals surface area contributed by atoms with Crippen molar-refractivity contribution in [3.05, 3.63) is 28.0 Å². The molecule has 0 heterocycles. The Labute approximate surface area is 103 Å². The highest BCUT2D eigenvalue weighted by Gasteiger charge is 2.13. The van der Waals surface area contributed by atoms with Crippen LogP contribution >= 0.6 is 23.2 Å². The average molecular weight is 265 g/mol. The number of amides is 1. The SMILES string of the molecule is CNC(=O)C(C)Nc1cc(Cl)c(F)c(Cl)c1. The largest absolute Gasteiger partial charge is 0.374 e. The van der Waals surface area contributed by atoms with Gasteiger partial charge in [-0.1, -0.05) is 23.2 Å². The van der Waals surface area contributed by atoms with Crippen LogP contribution in [0.25, 0.3) is 0 Å². The van der Waals surface area contributed by atoms with Gasteiger partial charge in [-0.3, -0.25) is 4.79 Å². The van der Waals surface area contributed by atoms with Crippen molar-refractivity contribution < 1.29 is 9.18 Å². The van der Waals surface area contributed by atoms with Gasteiger partial charge in [0.1, 0.15) is 6.04 Å². The highest BCUT2D eigenvalue weighted by atomic mass is 35.5. The van der Waals surface area contributed by atoms with E-state index in [2.05, 4.69) is 10.6 Å². The van der Waals surface area contributed by atoms with Crippen molar-refractivity contribution in [3.63, 3.8) is 0 Å². The van der Waals surface area contributed by atoms with Crippen molar-refractivity contribution in [1.82, 2.24) is 5.32 Å². The maximum Gasteiger partial charge on any atom is 0.241 e. The van der Waals surface area contributed by atoms with Gasteiger partial charge < -0.3 is 10.6 Å². The minimum absolute atomic E-state index is 0.0842. The summed E-state index contributed by atoms with van der Waals surface area (Å²) in [5.74, 6) is -0.849. The smallest absolute Gasteiger partial charge is 0.241 e. The zero-order chi connectivity index (χ0) is 12.3. The minimum atomic E-state index is -0.665. The van der Waals surface area contributed by atoms with Crippen molar-refractivity contribution in [2.24, 2.45) is 0 Å². The maximum atomic E-state index is 13.1. The van der Waals surface area contributed by atoms with Gasteiger partial charge in [0.15, 0.2) is 5.82 Å². The molecule has 0 aliphatic rings. The van der Waals surface area contributed by atoms with Crippen LogP contribution in [0.5, 0.6) is 0 Å². The fourth-order valence-electron chi connectivity index (χ4n) is 1.17. The van der Waals surface area contributed by atoms with E-state index in [4.69, 9.17) is 23.2 Å². The standard InChI is InChI=1S/C10H11Cl2FN2O/c1-5(10(16)14-2)15-6-3-7(11)9(13)8(12)4-6/h3-5,15H,1-2H3,(H,14,16). The summed E-state index contributed by atoms with van der Waals surface area (Å²) in [7, 11) is 1.53. The number of anilines is 1. The number of halogens is 3. The van der Waals surface area contributed by atoms with Crippen LogP contribution in [0.2, 0.25) is 10.0 Å². The molecular formula is C10H11Cl2FN2O. The fourth-order valence-corrected chi connectivity index (χ4v) is 1.66. The topological polar surface area (TPSA) is 41.1 Å². The normalized spacial score (nSPS) is 12.1. The molecule has 6 heteroatoms. The second-order valence-corrected chi connectivity index (χ2v) is 4.05. The molecule has 1 aromatic carbocycles. The van der Waals surface area contributed by atoms with Gasteiger partial charge >= 0.3 is 0 Å². The molecule has 0 aromatic heterocycles. The lowest BCUT2D eigenvalue weighted by atomic mass is 10.2. The Kier molecular flexibility index (Phi) is 4.38. The molecule has 0 aliphatic carbocycles. The summed E-state index contributed by atoms with van der Waals surface area (Å²) in [6, 6.07) is 2.30. The van der Waals surface area contributed by atoms with Crippen LogP contribution in [0.3, 0.4) is 0 Å². The number of nitrogens with one attached hydrogen (secondary N) is 2. The maximum absolute atomic E-state index is 13.1. The zero-order valence-corrected chi connectivity index (χ0v) is 10.3. The van der Waals surface area contributed by atoms with Crippen molar-refractivity contribution in [3.8, 4) is 0 Å². The van der Waals surface area contributed by atoms with Gasteiger partial charge in [0.25, 0.3) is 0 Å². The Bertz CT molecular complexity index is 389. The quantitative estimate of drug-likeness (QED) is 0.825. The van der Waals surface area contributed by atoms with E-state index in [0.29, 0.717) is 5.69 Å². The first-order chi connectivity index (χ1) is 7.45. The lowest BCUT2D eigenvalue weighted by Crippen LogP contribution is -2.35. The second kappa shape index (κ2) is 5.37. The predicted octanol–water partition coefficient (Wildman–Crippen LogP) is 2.68. The van der Waals surface area contributed by atoms with E-state index in [1.165, 1.54) is 19.2 Å². The first-order valence-corrected chi connectivity index (χ1v) is 5.34. The molecule has 0 radical (unpaired) electrons. The third-order valence-corrected chi connectivity index (χ3v) is 2.56. The molecule has 3 nitrogen and oxygen atoms in total. The van der Waals surface area contributed by atoms with Crippen LogP contribution < -0.4 is 10.6 Å². The predicted molar refractivity (Wildman–Crippen MR) is 63.6 cm³/mol. The molecule has 88 valence electrons. The summed E-state index contributed by atoms with van der Waals surface area (Å²) in [4.78, 5) is 11.2. The van der Waals surface area contributed by atoms with E-state index in [1.54, 1.807) is 6.92 Å². The van der Waals surface area contributed by atoms with E-state index in [9.17, 15) is 9.18 Å². The Morgan fingerprint density at radius 3 is 2.31 bits per heavy atom. The first-order valence-electron chi connectivity index (χ1n) is 4.58.